The molecule has 0 saturated heterocycles. The fourth-order valence-electron chi connectivity index (χ4n) is 1.31. The van der Waals surface area contributed by atoms with Crippen molar-refractivity contribution in [3.05, 3.63) is 57.7 Å². The van der Waals surface area contributed by atoms with Crippen LogP contribution in [0.1, 0.15) is 0 Å². The third-order valence-electron chi connectivity index (χ3n) is 1.98. The summed E-state index contributed by atoms with van der Waals surface area (Å²) in [7, 11) is 0. The molecule has 0 spiro atoms. The summed E-state index contributed by atoms with van der Waals surface area (Å²) in [5.41, 5.74) is 1.16. The van der Waals surface area contributed by atoms with Gasteiger partial charge in [-0.2, -0.15) is 0 Å². The van der Waals surface area contributed by atoms with E-state index in [0.29, 0.717) is 10.6 Å². The summed E-state index contributed by atoms with van der Waals surface area (Å²) in [4.78, 5) is 13.3. The van der Waals surface area contributed by atoms with E-state index in [1.807, 2.05) is 0 Å². The fraction of sp³-hybridized carbons (Fsp3) is 0. The van der Waals surface area contributed by atoms with Crippen molar-refractivity contribution < 1.29 is 4.39 Å². The minimum absolute atomic E-state index is 0.193. The summed E-state index contributed by atoms with van der Waals surface area (Å²) in [6.07, 6.45) is 1.52. The molecule has 2 nitrogen and oxygen atoms in total. The van der Waals surface area contributed by atoms with E-state index in [2.05, 4.69) is 4.98 Å². The number of halogens is 2. The lowest BCUT2D eigenvalue weighted by Gasteiger charge is -2.01. The quantitative estimate of drug-likeness (QED) is 0.792. The van der Waals surface area contributed by atoms with Crippen LogP contribution in [0.3, 0.4) is 0 Å². The van der Waals surface area contributed by atoms with Crippen LogP contribution < -0.4 is 5.56 Å². The van der Waals surface area contributed by atoms with Gasteiger partial charge < -0.3 is 4.98 Å². The average molecular weight is 224 g/mol. The number of benzene rings is 1. The lowest BCUT2D eigenvalue weighted by atomic mass is 10.1. The lowest BCUT2D eigenvalue weighted by Crippen LogP contribution is -2.01. The Labute approximate surface area is 90.3 Å². The van der Waals surface area contributed by atoms with Crippen molar-refractivity contribution in [1.29, 1.82) is 0 Å². The van der Waals surface area contributed by atoms with Gasteiger partial charge in [0.25, 0.3) is 0 Å². The van der Waals surface area contributed by atoms with Crippen molar-refractivity contribution in [2.75, 3.05) is 0 Å². The molecule has 0 aliphatic rings. The maximum Gasteiger partial charge on any atom is 0.247 e. The van der Waals surface area contributed by atoms with E-state index in [1.54, 1.807) is 12.1 Å². The Morgan fingerprint density at radius 3 is 2.53 bits per heavy atom. The first-order chi connectivity index (χ1) is 7.15. The van der Waals surface area contributed by atoms with Gasteiger partial charge in [0.2, 0.25) is 5.56 Å². The molecule has 0 aliphatic carbocycles. The van der Waals surface area contributed by atoms with Gasteiger partial charge in [0, 0.05) is 17.3 Å². The first-order valence-corrected chi connectivity index (χ1v) is 4.68. The molecular weight excluding hydrogens is 217 g/mol. The topological polar surface area (TPSA) is 32.9 Å². The number of pyridine rings is 1. The fourth-order valence-corrected chi connectivity index (χ4v) is 1.53. The van der Waals surface area contributed by atoms with Crippen LogP contribution in [0.2, 0.25) is 5.02 Å². The molecule has 2 aromatic rings. The first-order valence-electron chi connectivity index (χ1n) is 4.30. The van der Waals surface area contributed by atoms with E-state index in [9.17, 15) is 9.18 Å². The maximum absolute atomic E-state index is 13.0. The molecule has 1 aromatic heterocycles. The number of H-pyrrole nitrogens is 1. The zero-order chi connectivity index (χ0) is 10.8. The molecule has 1 aromatic carbocycles. The minimum Gasteiger partial charge on any atom is -0.328 e. The van der Waals surface area contributed by atoms with E-state index in [-0.39, 0.29) is 5.56 Å². The zero-order valence-electron chi connectivity index (χ0n) is 7.63. The molecule has 0 unspecified atom stereocenters. The molecule has 0 radical (unpaired) electrons. The third-order valence-corrected chi connectivity index (χ3v) is 2.20. The van der Waals surface area contributed by atoms with Crippen LogP contribution in [0.25, 0.3) is 11.1 Å². The van der Waals surface area contributed by atoms with Gasteiger partial charge >= 0.3 is 0 Å². The second kappa shape index (κ2) is 3.87. The second-order valence-electron chi connectivity index (χ2n) is 3.10. The summed E-state index contributed by atoms with van der Waals surface area (Å²) < 4.78 is 13.0. The molecule has 4 heteroatoms. The minimum atomic E-state index is -0.399. The second-order valence-corrected chi connectivity index (χ2v) is 3.54. The van der Waals surface area contributed by atoms with Gasteiger partial charge in [0.1, 0.15) is 5.82 Å². The predicted molar refractivity (Wildman–Crippen MR) is 57.5 cm³/mol. The van der Waals surface area contributed by atoms with Crippen LogP contribution in [-0.4, -0.2) is 4.98 Å². The Hall–Kier alpha value is -1.61. The van der Waals surface area contributed by atoms with Gasteiger partial charge in [-0.05, 0) is 35.4 Å². The number of hydrogen-bond donors (Lipinski definition) is 1. The van der Waals surface area contributed by atoms with Crippen LogP contribution in [0, 0.1) is 5.82 Å². The summed E-state index contributed by atoms with van der Waals surface area (Å²) in [6.45, 7) is 0. The Morgan fingerprint density at radius 2 is 1.93 bits per heavy atom. The molecule has 15 heavy (non-hydrogen) atoms. The van der Waals surface area contributed by atoms with Crippen molar-refractivity contribution in [3.8, 4) is 11.1 Å². The molecule has 1 heterocycles. The SMILES string of the molecule is O=c1ccc(-c2cc(F)cc(Cl)c2)c[nH]1. The summed E-state index contributed by atoms with van der Waals surface area (Å²) in [5, 5.41) is 0.330. The van der Waals surface area contributed by atoms with Crippen molar-refractivity contribution in [2.24, 2.45) is 0 Å². The third kappa shape index (κ3) is 2.25. The lowest BCUT2D eigenvalue weighted by molar-refractivity contribution is 0.628. The van der Waals surface area contributed by atoms with E-state index >= 15 is 0 Å². The Morgan fingerprint density at radius 1 is 1.13 bits per heavy atom. The highest BCUT2D eigenvalue weighted by atomic mass is 35.5. The van der Waals surface area contributed by atoms with Gasteiger partial charge in [-0.3, -0.25) is 4.79 Å². The van der Waals surface area contributed by atoms with Crippen LogP contribution in [-0.2, 0) is 0 Å². The van der Waals surface area contributed by atoms with E-state index in [1.165, 1.54) is 24.4 Å². The first kappa shape index (κ1) is 9.93. The van der Waals surface area contributed by atoms with Crippen LogP contribution in [0.5, 0.6) is 0 Å². The van der Waals surface area contributed by atoms with E-state index < -0.39 is 5.82 Å². The van der Waals surface area contributed by atoms with Gasteiger partial charge in [0.05, 0.1) is 0 Å². The molecule has 2 rings (SSSR count). The average Bonchev–Trinajstić information content (AvgIpc) is 2.17. The highest BCUT2D eigenvalue weighted by Gasteiger charge is 2.01. The van der Waals surface area contributed by atoms with Crippen molar-refractivity contribution in [2.45, 2.75) is 0 Å². The van der Waals surface area contributed by atoms with E-state index in [4.69, 9.17) is 11.6 Å². The van der Waals surface area contributed by atoms with Gasteiger partial charge in [0.15, 0.2) is 0 Å². The van der Waals surface area contributed by atoms with Crippen LogP contribution in [0.15, 0.2) is 41.3 Å². The molecule has 76 valence electrons. The van der Waals surface area contributed by atoms with Crippen LogP contribution in [0.4, 0.5) is 4.39 Å². The summed E-state index contributed by atoms with van der Waals surface area (Å²) >= 11 is 5.72. The number of hydrogen-bond acceptors (Lipinski definition) is 1. The maximum atomic E-state index is 13.0. The van der Waals surface area contributed by atoms with Gasteiger partial charge in [-0.1, -0.05) is 11.6 Å². The highest BCUT2D eigenvalue weighted by Crippen LogP contribution is 2.22. The Balaban J connectivity index is 2.53. The van der Waals surface area contributed by atoms with Crippen molar-refractivity contribution in [3.63, 3.8) is 0 Å². The number of aromatic nitrogens is 1. The van der Waals surface area contributed by atoms with Gasteiger partial charge in [-0.25, -0.2) is 4.39 Å². The van der Waals surface area contributed by atoms with Crippen molar-refractivity contribution >= 4 is 11.6 Å². The smallest absolute Gasteiger partial charge is 0.247 e. The number of aromatic amines is 1. The molecule has 0 fully saturated rings. The molecule has 0 aliphatic heterocycles. The van der Waals surface area contributed by atoms with Crippen LogP contribution >= 0.6 is 11.6 Å². The number of rotatable bonds is 1. The number of nitrogens with one attached hydrogen (secondary N) is 1. The molecule has 0 bridgehead atoms. The largest absolute Gasteiger partial charge is 0.328 e. The Kier molecular flexibility index (Phi) is 2.56. The monoisotopic (exact) mass is 223 g/mol. The standard InChI is InChI=1S/C11H7ClFNO/c12-9-3-8(4-10(13)5-9)7-1-2-11(15)14-6-7/h1-6H,(H,14,15). The Bertz CT molecular complexity index is 510. The summed E-state index contributed by atoms with van der Waals surface area (Å²) in [6, 6.07) is 7.23. The molecule has 1 N–H and O–H groups in total. The van der Waals surface area contributed by atoms with E-state index in [0.717, 1.165) is 5.56 Å². The van der Waals surface area contributed by atoms with Crippen molar-refractivity contribution in [1.82, 2.24) is 4.98 Å². The molecule has 0 saturated carbocycles. The molecular formula is C11H7ClFNO. The molecule has 0 atom stereocenters. The highest BCUT2D eigenvalue weighted by molar-refractivity contribution is 6.30. The summed E-state index contributed by atoms with van der Waals surface area (Å²) in [5.74, 6) is -0.399. The molecule has 0 amide bonds. The van der Waals surface area contributed by atoms with Gasteiger partial charge in [-0.15, -0.1) is 0 Å². The zero-order valence-corrected chi connectivity index (χ0v) is 8.38. The predicted octanol–water partition coefficient (Wildman–Crippen LogP) is 2.83. The normalized spacial score (nSPS) is 10.3.